The summed E-state index contributed by atoms with van der Waals surface area (Å²) in [5, 5.41) is 10.4. The van der Waals surface area contributed by atoms with Crippen LogP contribution in [-0.4, -0.2) is 24.2 Å². The molecule has 122 valence electrons. The summed E-state index contributed by atoms with van der Waals surface area (Å²) in [4.78, 5) is 16.9. The van der Waals surface area contributed by atoms with E-state index in [1.165, 1.54) is 25.3 Å². The number of benzene rings is 1. The van der Waals surface area contributed by atoms with Crippen LogP contribution in [0.25, 0.3) is 11.3 Å². The zero-order chi connectivity index (χ0) is 16.4. The van der Waals surface area contributed by atoms with E-state index >= 15 is 0 Å². The van der Waals surface area contributed by atoms with Crippen LogP contribution in [0.1, 0.15) is 43.6 Å². The minimum atomic E-state index is -0.256. The van der Waals surface area contributed by atoms with Crippen LogP contribution < -0.4 is 10.5 Å². The van der Waals surface area contributed by atoms with Crippen molar-refractivity contribution >= 4 is 5.69 Å². The Morgan fingerprint density at radius 1 is 1.09 bits per heavy atom. The van der Waals surface area contributed by atoms with Crippen LogP contribution in [0.3, 0.4) is 0 Å². The molecule has 2 aromatic rings. The molecule has 3 rings (SSSR count). The first-order valence-electron chi connectivity index (χ1n) is 8.30. The summed E-state index contributed by atoms with van der Waals surface area (Å²) in [6.45, 7) is 0. The molecule has 1 heterocycles. The number of pyridine rings is 1. The van der Waals surface area contributed by atoms with Crippen molar-refractivity contribution in [2.24, 2.45) is 0 Å². The van der Waals surface area contributed by atoms with Gasteiger partial charge < -0.3 is 15.0 Å². The molecule has 0 atom stereocenters. The van der Waals surface area contributed by atoms with E-state index in [4.69, 9.17) is 0 Å². The van der Waals surface area contributed by atoms with Crippen molar-refractivity contribution in [3.63, 3.8) is 0 Å². The lowest BCUT2D eigenvalue weighted by Crippen LogP contribution is -2.13. The van der Waals surface area contributed by atoms with E-state index in [1.807, 2.05) is 43.3 Å². The van der Waals surface area contributed by atoms with Crippen molar-refractivity contribution in [1.29, 1.82) is 0 Å². The normalized spacial score (nSPS) is 15.6. The number of nitrogens with one attached hydrogen (secondary N) is 1. The van der Waals surface area contributed by atoms with Gasteiger partial charge in [0.25, 0.3) is 5.56 Å². The fraction of sp³-hybridized carbons (Fsp3) is 0.421. The first kappa shape index (κ1) is 15.7. The van der Waals surface area contributed by atoms with Gasteiger partial charge in [-0.1, -0.05) is 31.4 Å². The van der Waals surface area contributed by atoms with Gasteiger partial charge in [0, 0.05) is 31.4 Å². The van der Waals surface area contributed by atoms with Crippen LogP contribution in [0.15, 0.2) is 35.1 Å². The third kappa shape index (κ3) is 3.26. The van der Waals surface area contributed by atoms with Gasteiger partial charge in [-0.25, -0.2) is 0 Å². The molecule has 0 bridgehead atoms. The molecule has 1 aliphatic carbocycles. The molecule has 0 amide bonds. The zero-order valence-corrected chi connectivity index (χ0v) is 13.8. The molecule has 0 radical (unpaired) electrons. The summed E-state index contributed by atoms with van der Waals surface area (Å²) in [5.74, 6) is 0.455. The average Bonchev–Trinajstić information content (AvgIpc) is 2.55. The molecule has 0 spiro atoms. The summed E-state index contributed by atoms with van der Waals surface area (Å²) >= 11 is 0. The van der Waals surface area contributed by atoms with Gasteiger partial charge in [0.15, 0.2) is 0 Å². The molecule has 1 fully saturated rings. The highest BCUT2D eigenvalue weighted by atomic mass is 16.3. The average molecular weight is 312 g/mol. The molecule has 1 aromatic carbocycles. The zero-order valence-electron chi connectivity index (χ0n) is 13.8. The molecule has 4 heteroatoms. The van der Waals surface area contributed by atoms with E-state index in [9.17, 15) is 9.90 Å². The fourth-order valence-corrected chi connectivity index (χ4v) is 3.52. The summed E-state index contributed by atoms with van der Waals surface area (Å²) in [6.07, 6.45) is 5.77. The monoisotopic (exact) mass is 312 g/mol. The summed E-state index contributed by atoms with van der Waals surface area (Å²) in [6, 6.07) is 9.38. The Balaban J connectivity index is 2.08. The summed E-state index contributed by atoms with van der Waals surface area (Å²) < 4.78 is 0. The first-order valence-corrected chi connectivity index (χ1v) is 8.30. The maximum absolute atomic E-state index is 11.9. The number of hydrogen-bond donors (Lipinski definition) is 2. The molecule has 1 saturated carbocycles. The third-order valence-electron chi connectivity index (χ3n) is 4.75. The van der Waals surface area contributed by atoms with Crippen molar-refractivity contribution in [1.82, 2.24) is 4.98 Å². The van der Waals surface area contributed by atoms with Gasteiger partial charge in [-0.05, 0) is 36.5 Å². The maximum atomic E-state index is 11.9. The van der Waals surface area contributed by atoms with Gasteiger partial charge in [0.1, 0.15) is 5.75 Å². The lowest BCUT2D eigenvalue weighted by molar-refractivity contribution is 0.413. The van der Waals surface area contributed by atoms with Crippen molar-refractivity contribution in [2.45, 2.75) is 38.0 Å². The van der Waals surface area contributed by atoms with Crippen LogP contribution in [0, 0.1) is 0 Å². The van der Waals surface area contributed by atoms with Gasteiger partial charge in [0.05, 0.1) is 5.69 Å². The lowest BCUT2D eigenvalue weighted by atomic mass is 9.82. The van der Waals surface area contributed by atoms with Crippen molar-refractivity contribution in [2.75, 3.05) is 19.0 Å². The Kier molecular flexibility index (Phi) is 4.42. The Morgan fingerprint density at radius 2 is 1.74 bits per heavy atom. The van der Waals surface area contributed by atoms with E-state index < -0.39 is 0 Å². The van der Waals surface area contributed by atoms with Gasteiger partial charge in [-0.3, -0.25) is 4.79 Å². The number of hydrogen-bond acceptors (Lipinski definition) is 3. The van der Waals surface area contributed by atoms with Crippen molar-refractivity contribution in [3.05, 3.63) is 46.2 Å². The molecule has 0 saturated heterocycles. The quantitative estimate of drug-likeness (QED) is 0.905. The fourth-order valence-electron chi connectivity index (χ4n) is 3.52. The van der Waals surface area contributed by atoms with E-state index in [0.717, 1.165) is 35.3 Å². The highest BCUT2D eigenvalue weighted by Crippen LogP contribution is 2.41. The van der Waals surface area contributed by atoms with Crippen LogP contribution in [0.2, 0.25) is 0 Å². The van der Waals surface area contributed by atoms with Crippen LogP contribution in [-0.2, 0) is 0 Å². The Labute approximate surface area is 136 Å². The van der Waals surface area contributed by atoms with E-state index in [-0.39, 0.29) is 11.3 Å². The largest absolute Gasteiger partial charge is 0.507 e. The Hall–Kier alpha value is -2.23. The number of aromatic amines is 1. The number of H-pyrrole nitrogens is 1. The molecule has 1 aromatic heterocycles. The summed E-state index contributed by atoms with van der Waals surface area (Å²) in [5.41, 5.74) is 3.47. The number of aromatic nitrogens is 1. The van der Waals surface area contributed by atoms with E-state index in [1.54, 1.807) is 0 Å². The highest BCUT2D eigenvalue weighted by molar-refractivity contribution is 5.68. The van der Waals surface area contributed by atoms with Crippen LogP contribution in [0.4, 0.5) is 5.69 Å². The molecule has 4 nitrogen and oxygen atoms in total. The van der Waals surface area contributed by atoms with Gasteiger partial charge in [-0.15, -0.1) is 0 Å². The van der Waals surface area contributed by atoms with Gasteiger partial charge in [0.2, 0.25) is 0 Å². The molecule has 0 aliphatic heterocycles. The molecule has 23 heavy (non-hydrogen) atoms. The molecular weight excluding hydrogens is 288 g/mol. The predicted molar refractivity (Wildman–Crippen MR) is 94.3 cm³/mol. The molecule has 0 unspecified atom stereocenters. The second-order valence-electron chi connectivity index (χ2n) is 6.58. The third-order valence-corrected chi connectivity index (χ3v) is 4.75. The van der Waals surface area contributed by atoms with E-state index in [2.05, 4.69) is 4.98 Å². The van der Waals surface area contributed by atoms with Crippen LogP contribution >= 0.6 is 0 Å². The van der Waals surface area contributed by atoms with E-state index in [0.29, 0.717) is 5.92 Å². The number of aromatic hydroxyl groups is 1. The SMILES string of the molecule is CN(C)c1ccc(-c2[nH]c(=O)cc(O)c2C2CCCCC2)cc1. The first-order chi connectivity index (χ1) is 11.1. The smallest absolute Gasteiger partial charge is 0.252 e. The minimum Gasteiger partial charge on any atom is -0.507 e. The topological polar surface area (TPSA) is 56.3 Å². The summed E-state index contributed by atoms with van der Waals surface area (Å²) in [7, 11) is 4.00. The second kappa shape index (κ2) is 6.49. The standard InChI is InChI=1S/C19H24N2O2/c1-21(2)15-10-8-14(9-11-15)19-18(13-6-4-3-5-7-13)16(22)12-17(23)20-19/h8-13H,3-7H2,1-2H3,(H2,20,22,23). The van der Waals surface area contributed by atoms with Gasteiger partial charge >= 0.3 is 0 Å². The van der Waals surface area contributed by atoms with Crippen LogP contribution in [0.5, 0.6) is 5.75 Å². The minimum absolute atomic E-state index is 0.132. The molecule has 2 N–H and O–H groups in total. The molecule has 1 aliphatic rings. The number of rotatable bonds is 3. The second-order valence-corrected chi connectivity index (χ2v) is 6.58. The number of anilines is 1. The molecular formula is C19H24N2O2. The Morgan fingerprint density at radius 3 is 2.35 bits per heavy atom. The number of nitrogens with zero attached hydrogens (tertiary/aromatic N) is 1. The Bertz CT molecular complexity index is 726. The highest BCUT2D eigenvalue weighted by Gasteiger charge is 2.23. The predicted octanol–water partition coefficient (Wildman–Crippen LogP) is 3.86. The van der Waals surface area contributed by atoms with Gasteiger partial charge in [-0.2, -0.15) is 0 Å². The van der Waals surface area contributed by atoms with Crippen molar-refractivity contribution in [3.8, 4) is 17.0 Å². The van der Waals surface area contributed by atoms with Crippen molar-refractivity contribution < 1.29 is 5.11 Å². The lowest BCUT2D eigenvalue weighted by Gasteiger charge is -2.25. The maximum Gasteiger partial charge on any atom is 0.252 e.